The first-order valence-corrected chi connectivity index (χ1v) is 17.1. The van der Waals surface area contributed by atoms with Crippen LogP contribution in [0.3, 0.4) is 0 Å². The Morgan fingerprint density at radius 3 is 0.667 bits per heavy atom. The van der Waals surface area contributed by atoms with E-state index in [0.717, 1.165) is 18.8 Å². The summed E-state index contributed by atoms with van der Waals surface area (Å²) in [5.74, 6) is 0. The maximum atomic E-state index is 10.0. The lowest BCUT2D eigenvalue weighted by molar-refractivity contribution is 0.507. The fourth-order valence-electron chi connectivity index (χ4n) is 0.642. The molecule has 0 rings (SSSR count). The molecule has 0 amide bonds. The number of hydrogen-bond acceptors (Lipinski definition) is 9. The van der Waals surface area contributed by atoms with Crippen molar-refractivity contribution in [2.75, 3.05) is 18.8 Å². The minimum Gasteiger partial charge on any atom is -0.323 e. The smallest absolute Gasteiger partial charge is 0.254 e. The van der Waals surface area contributed by atoms with Crippen LogP contribution in [0, 0.1) is 0 Å². The van der Waals surface area contributed by atoms with Crippen LogP contribution in [0.15, 0.2) is 0 Å². The molecule has 0 saturated heterocycles. The van der Waals surface area contributed by atoms with Gasteiger partial charge in [0, 0.05) is 0 Å². The summed E-state index contributed by atoms with van der Waals surface area (Å²) in [6.45, 7) is 5.29. The molecule has 0 aliphatic carbocycles. The van der Waals surface area contributed by atoms with Crippen molar-refractivity contribution in [1.29, 1.82) is 0 Å². The van der Waals surface area contributed by atoms with Crippen LogP contribution >= 0.6 is 0 Å². The summed E-state index contributed by atoms with van der Waals surface area (Å²) in [5, 5.41) is 0. The third kappa shape index (κ3) is 44.9. The maximum Gasteiger partial charge on any atom is 0.254 e. The van der Waals surface area contributed by atoms with E-state index in [9.17, 15) is 25.3 Å². The van der Waals surface area contributed by atoms with Gasteiger partial charge in [-0.25, -0.2) is 25.3 Å². The van der Waals surface area contributed by atoms with E-state index in [4.69, 9.17) is 0 Å². The van der Waals surface area contributed by atoms with Crippen molar-refractivity contribution in [3.8, 4) is 0 Å². The predicted octanol–water partition coefficient (Wildman–Crippen LogP) is -2.72. The maximum absolute atomic E-state index is 10.0. The van der Waals surface area contributed by atoms with E-state index in [-0.39, 0.29) is 0 Å². The van der Waals surface area contributed by atoms with Crippen LogP contribution in [0.25, 0.3) is 0 Å². The topological polar surface area (TPSA) is 130 Å². The zero-order valence-electron chi connectivity index (χ0n) is 13.0. The van der Waals surface area contributed by atoms with E-state index in [1.165, 1.54) is 0 Å². The minimum atomic E-state index is -3.11. The number of hydrogen-bond donors (Lipinski definition) is 0. The van der Waals surface area contributed by atoms with Gasteiger partial charge in [-0.15, -0.1) is 0 Å². The SMILES string of the molecule is C[SiH2]OS(C)(=O)=O.C[SiH2]OS(C)(=O)=O.C[SiH2]OS(C)(=O)=O. The first kappa shape index (κ1) is 26.3. The van der Waals surface area contributed by atoms with Gasteiger partial charge < -0.3 is 11.6 Å². The normalized spacial score (nSPS) is 13.4. The second-order valence-electron chi connectivity index (χ2n) is 3.33. The molecule has 15 heteroatoms. The van der Waals surface area contributed by atoms with Gasteiger partial charge >= 0.3 is 0 Å². The molecule has 0 saturated carbocycles. The van der Waals surface area contributed by atoms with E-state index < -0.39 is 59.6 Å². The first-order chi connectivity index (χ1) is 9.18. The van der Waals surface area contributed by atoms with Crippen LogP contribution in [0.2, 0.25) is 19.6 Å². The highest BCUT2D eigenvalue weighted by atomic mass is 32.2. The van der Waals surface area contributed by atoms with E-state index in [1.807, 2.05) is 0 Å². The third-order valence-electron chi connectivity index (χ3n) is 0.996. The van der Waals surface area contributed by atoms with Gasteiger partial charge in [0.2, 0.25) is 0 Å². The second kappa shape index (κ2) is 12.9. The molecule has 0 aliphatic heterocycles. The van der Waals surface area contributed by atoms with Crippen LogP contribution in [0.1, 0.15) is 0 Å². The highest BCUT2D eigenvalue weighted by molar-refractivity contribution is 7.87. The highest BCUT2D eigenvalue weighted by Gasteiger charge is 1.95. The standard InChI is InChI=1S/3C2H8O3SSi/c3*1-6(3,4)5-7-2/h3*7H2,1-2H3. The predicted molar refractivity (Wildman–Crippen MR) is 91.0 cm³/mol. The minimum absolute atomic E-state index is 0.778. The average Bonchev–Trinajstić information content (AvgIpc) is 2.12. The van der Waals surface area contributed by atoms with Crippen molar-refractivity contribution >= 4 is 59.6 Å². The molecular weight excluding hydrogens is 397 g/mol. The van der Waals surface area contributed by atoms with Crippen molar-refractivity contribution < 1.29 is 36.9 Å². The van der Waals surface area contributed by atoms with E-state index in [1.54, 1.807) is 19.6 Å². The third-order valence-corrected chi connectivity index (χ3v) is 8.96. The summed E-state index contributed by atoms with van der Waals surface area (Å²) in [4.78, 5) is 0. The van der Waals surface area contributed by atoms with Crippen LogP contribution in [-0.4, -0.2) is 73.3 Å². The van der Waals surface area contributed by atoms with Crippen LogP contribution < -0.4 is 0 Å². The Morgan fingerprint density at radius 1 is 0.524 bits per heavy atom. The van der Waals surface area contributed by atoms with Gasteiger partial charge in [0.15, 0.2) is 29.3 Å². The molecule has 0 fully saturated rings. The number of rotatable bonds is 6. The Hall–Kier alpha value is 0.381. The molecule has 0 radical (unpaired) electrons. The Bertz CT molecular complexity index is 458. The largest absolute Gasteiger partial charge is 0.323 e. The van der Waals surface area contributed by atoms with Gasteiger partial charge in [-0.2, -0.15) is 0 Å². The lowest BCUT2D eigenvalue weighted by Gasteiger charge is -1.91. The second-order valence-corrected chi connectivity index (χ2v) is 12.1. The molecule has 132 valence electrons. The Balaban J connectivity index is -0.000000231. The quantitative estimate of drug-likeness (QED) is 0.421. The Morgan fingerprint density at radius 2 is 0.667 bits per heavy atom. The van der Waals surface area contributed by atoms with Gasteiger partial charge in [-0.1, -0.05) is 0 Å². The molecule has 0 atom stereocenters. The summed E-state index contributed by atoms with van der Waals surface area (Å²) < 4.78 is 73.3. The highest BCUT2D eigenvalue weighted by Crippen LogP contribution is 1.81. The summed E-state index contributed by atoms with van der Waals surface area (Å²) >= 11 is 0. The van der Waals surface area contributed by atoms with E-state index in [0.29, 0.717) is 0 Å². The lowest BCUT2D eigenvalue weighted by Crippen LogP contribution is -2.03. The van der Waals surface area contributed by atoms with Gasteiger partial charge in [0.1, 0.15) is 0 Å². The zero-order valence-corrected chi connectivity index (χ0v) is 19.7. The van der Waals surface area contributed by atoms with Crippen LogP contribution in [0.5, 0.6) is 0 Å². The molecule has 0 N–H and O–H groups in total. The molecule has 9 nitrogen and oxygen atoms in total. The summed E-state index contributed by atoms with van der Waals surface area (Å²) in [6, 6.07) is 0. The molecule has 0 unspecified atom stereocenters. The molecule has 0 aliphatic rings. The lowest BCUT2D eigenvalue weighted by atomic mass is 11.9. The van der Waals surface area contributed by atoms with Crippen LogP contribution in [-0.2, 0) is 42.0 Å². The van der Waals surface area contributed by atoms with Crippen molar-refractivity contribution in [1.82, 2.24) is 0 Å². The van der Waals surface area contributed by atoms with Gasteiger partial charge in [0.25, 0.3) is 30.4 Å². The molecular formula is C6H24O9S3Si3. The average molecular weight is 421 g/mol. The summed E-state index contributed by atoms with van der Waals surface area (Å²) in [5.41, 5.74) is 0. The Labute approximate surface area is 135 Å². The molecule has 0 aromatic heterocycles. The fraction of sp³-hybridized carbons (Fsp3) is 1.00. The van der Waals surface area contributed by atoms with Crippen molar-refractivity contribution in [2.45, 2.75) is 19.6 Å². The van der Waals surface area contributed by atoms with Gasteiger partial charge in [-0.05, 0) is 19.6 Å². The van der Waals surface area contributed by atoms with Gasteiger partial charge in [-0.3, -0.25) is 0 Å². The Kier molecular flexibility index (Phi) is 16.1. The molecule has 0 heterocycles. The van der Waals surface area contributed by atoms with E-state index >= 15 is 0 Å². The zero-order chi connectivity index (χ0) is 17.7. The first-order valence-electron chi connectivity index (χ1n) is 5.71. The summed E-state index contributed by atoms with van der Waals surface area (Å²) in [6.07, 6.45) is 3.18. The fourth-order valence-corrected chi connectivity index (χ4v) is 5.78. The van der Waals surface area contributed by atoms with Crippen molar-refractivity contribution in [3.63, 3.8) is 0 Å². The summed E-state index contributed by atoms with van der Waals surface area (Å²) in [7, 11) is -11.7. The molecule has 0 aromatic carbocycles. The monoisotopic (exact) mass is 420 g/mol. The van der Waals surface area contributed by atoms with Gasteiger partial charge in [0.05, 0.1) is 18.8 Å². The molecule has 0 aromatic rings. The van der Waals surface area contributed by atoms with E-state index in [2.05, 4.69) is 11.6 Å². The van der Waals surface area contributed by atoms with Crippen molar-refractivity contribution in [2.24, 2.45) is 0 Å². The van der Waals surface area contributed by atoms with Crippen LogP contribution in [0.4, 0.5) is 0 Å². The van der Waals surface area contributed by atoms with Crippen molar-refractivity contribution in [3.05, 3.63) is 0 Å². The molecule has 0 spiro atoms. The molecule has 0 bridgehead atoms. The molecule has 21 heavy (non-hydrogen) atoms.